The average Bonchev–Trinajstić information content (AvgIpc) is 2.71. The minimum Gasteiger partial charge on any atom is -0.493 e. The molecule has 0 saturated heterocycles. The summed E-state index contributed by atoms with van der Waals surface area (Å²) in [5, 5.41) is 5.75. The Morgan fingerprint density at radius 2 is 1.66 bits per heavy atom. The number of hydrogen-bond donors (Lipinski definition) is 2. The second-order valence-electron chi connectivity index (χ2n) is 7.17. The molecule has 0 heterocycles. The van der Waals surface area contributed by atoms with Crippen LogP contribution in [0.4, 0.5) is 0 Å². The van der Waals surface area contributed by atoms with Gasteiger partial charge in [-0.15, -0.1) is 0 Å². The molecular formula is C23H30N2O4. The Kier molecular flexibility index (Phi) is 8.07. The Labute approximate surface area is 172 Å². The number of aryl methyl sites for hydroxylation is 1. The largest absolute Gasteiger partial charge is 0.493 e. The molecule has 2 aromatic carbocycles. The lowest BCUT2D eigenvalue weighted by Gasteiger charge is -2.16. The van der Waals surface area contributed by atoms with Crippen LogP contribution in [0.15, 0.2) is 42.5 Å². The van der Waals surface area contributed by atoms with Crippen LogP contribution in [0.25, 0.3) is 0 Å². The monoisotopic (exact) mass is 398 g/mol. The van der Waals surface area contributed by atoms with Crippen molar-refractivity contribution in [3.63, 3.8) is 0 Å². The van der Waals surface area contributed by atoms with Crippen molar-refractivity contribution in [2.75, 3.05) is 13.7 Å². The molecule has 2 amide bonds. The van der Waals surface area contributed by atoms with E-state index in [2.05, 4.69) is 29.7 Å². The van der Waals surface area contributed by atoms with Crippen LogP contribution in [-0.4, -0.2) is 31.6 Å². The Bertz CT molecular complexity index is 831. The van der Waals surface area contributed by atoms with Crippen LogP contribution in [0.5, 0.6) is 11.5 Å². The highest BCUT2D eigenvalue weighted by Gasteiger charge is 2.15. The third kappa shape index (κ3) is 6.52. The van der Waals surface area contributed by atoms with E-state index in [9.17, 15) is 9.59 Å². The van der Waals surface area contributed by atoms with E-state index in [4.69, 9.17) is 9.47 Å². The predicted octanol–water partition coefficient (Wildman–Crippen LogP) is 3.65. The summed E-state index contributed by atoms with van der Waals surface area (Å²) in [6, 6.07) is 13.0. The molecule has 0 bridgehead atoms. The fourth-order valence-electron chi connectivity index (χ4n) is 2.84. The van der Waals surface area contributed by atoms with Gasteiger partial charge in [0, 0.05) is 11.6 Å². The second-order valence-corrected chi connectivity index (χ2v) is 7.17. The third-order valence-corrected chi connectivity index (χ3v) is 4.47. The molecule has 0 spiro atoms. The van der Waals surface area contributed by atoms with Gasteiger partial charge in [-0.3, -0.25) is 9.59 Å². The van der Waals surface area contributed by atoms with E-state index >= 15 is 0 Å². The first kappa shape index (κ1) is 22.3. The molecule has 0 aromatic heterocycles. The number of methoxy groups -OCH3 is 1. The van der Waals surface area contributed by atoms with Gasteiger partial charge in [0.05, 0.1) is 13.2 Å². The minimum absolute atomic E-state index is 0.0410. The zero-order valence-corrected chi connectivity index (χ0v) is 17.7. The van der Waals surface area contributed by atoms with E-state index in [1.807, 2.05) is 32.9 Å². The van der Waals surface area contributed by atoms with Gasteiger partial charge in [-0.25, -0.2) is 0 Å². The van der Waals surface area contributed by atoms with Gasteiger partial charge >= 0.3 is 0 Å². The molecule has 2 aromatic rings. The van der Waals surface area contributed by atoms with Crippen LogP contribution in [0.3, 0.4) is 0 Å². The van der Waals surface area contributed by atoms with Crippen molar-refractivity contribution in [2.45, 2.75) is 46.2 Å². The molecular weight excluding hydrogens is 368 g/mol. The number of ether oxygens (including phenoxy) is 2. The summed E-state index contributed by atoms with van der Waals surface area (Å²) in [6.07, 6.45) is 0.981. The number of rotatable bonds is 9. The molecule has 2 rings (SSSR count). The lowest BCUT2D eigenvalue weighted by atomic mass is 10.0. The van der Waals surface area contributed by atoms with Crippen molar-refractivity contribution in [1.82, 2.24) is 10.6 Å². The first-order chi connectivity index (χ1) is 13.8. The van der Waals surface area contributed by atoms with Crippen LogP contribution in [0, 0.1) is 0 Å². The van der Waals surface area contributed by atoms with Crippen LogP contribution in [0.2, 0.25) is 0 Å². The summed E-state index contributed by atoms with van der Waals surface area (Å²) in [7, 11) is 1.50. The first-order valence-corrected chi connectivity index (χ1v) is 9.84. The van der Waals surface area contributed by atoms with Gasteiger partial charge in [-0.05, 0) is 56.5 Å². The summed E-state index contributed by atoms with van der Waals surface area (Å²) >= 11 is 0. The van der Waals surface area contributed by atoms with Gasteiger partial charge in [0.15, 0.2) is 18.1 Å². The van der Waals surface area contributed by atoms with Gasteiger partial charge in [-0.2, -0.15) is 0 Å². The minimum atomic E-state index is -0.216. The maximum Gasteiger partial charge on any atom is 0.258 e. The smallest absolute Gasteiger partial charge is 0.258 e. The number of amides is 2. The maximum absolute atomic E-state index is 12.6. The van der Waals surface area contributed by atoms with Crippen molar-refractivity contribution in [2.24, 2.45) is 0 Å². The molecule has 156 valence electrons. The quantitative estimate of drug-likeness (QED) is 0.676. The van der Waals surface area contributed by atoms with E-state index in [1.54, 1.807) is 18.2 Å². The highest BCUT2D eigenvalue weighted by Crippen LogP contribution is 2.28. The van der Waals surface area contributed by atoms with Crippen LogP contribution >= 0.6 is 0 Å². The summed E-state index contributed by atoms with van der Waals surface area (Å²) in [5.74, 6) is 0.382. The lowest BCUT2D eigenvalue weighted by Crippen LogP contribution is -2.34. The average molecular weight is 399 g/mol. The molecule has 0 aliphatic heterocycles. The van der Waals surface area contributed by atoms with Crippen molar-refractivity contribution < 1.29 is 19.1 Å². The van der Waals surface area contributed by atoms with Gasteiger partial charge in [0.25, 0.3) is 11.8 Å². The highest BCUT2D eigenvalue weighted by molar-refractivity contribution is 5.95. The fraction of sp³-hybridized carbons (Fsp3) is 0.391. The van der Waals surface area contributed by atoms with E-state index in [1.165, 1.54) is 12.7 Å². The number of nitrogens with one attached hydrogen (secondary N) is 2. The molecule has 29 heavy (non-hydrogen) atoms. The molecule has 0 radical (unpaired) electrons. The molecule has 0 aliphatic rings. The number of carbonyl (C=O) groups is 2. The summed E-state index contributed by atoms with van der Waals surface area (Å²) in [6.45, 7) is 7.69. The topological polar surface area (TPSA) is 76.7 Å². The molecule has 0 aliphatic carbocycles. The Morgan fingerprint density at radius 3 is 2.24 bits per heavy atom. The molecule has 2 N–H and O–H groups in total. The predicted molar refractivity (Wildman–Crippen MR) is 113 cm³/mol. The van der Waals surface area contributed by atoms with E-state index in [0.29, 0.717) is 17.1 Å². The summed E-state index contributed by atoms with van der Waals surface area (Å²) < 4.78 is 10.9. The molecule has 1 atom stereocenters. The highest BCUT2D eigenvalue weighted by atomic mass is 16.5. The zero-order chi connectivity index (χ0) is 21.4. The van der Waals surface area contributed by atoms with Gasteiger partial charge < -0.3 is 20.1 Å². The standard InChI is InChI=1S/C23H30N2O4/c1-6-17-7-9-18(10-8-17)16(4)25-23(27)19-11-12-20(21(13-19)28-5)29-14-22(26)24-15(2)3/h7-13,15-16H,6,14H2,1-5H3,(H,24,26)(H,25,27). The molecule has 0 saturated carbocycles. The Hall–Kier alpha value is -3.02. The third-order valence-electron chi connectivity index (χ3n) is 4.47. The Balaban J connectivity index is 2.03. The fourth-order valence-corrected chi connectivity index (χ4v) is 2.84. The molecule has 0 fully saturated rings. The van der Waals surface area contributed by atoms with Crippen LogP contribution in [-0.2, 0) is 11.2 Å². The van der Waals surface area contributed by atoms with Crippen molar-refractivity contribution in [3.8, 4) is 11.5 Å². The van der Waals surface area contributed by atoms with E-state index in [0.717, 1.165) is 12.0 Å². The first-order valence-electron chi connectivity index (χ1n) is 9.84. The van der Waals surface area contributed by atoms with E-state index in [-0.39, 0.29) is 30.5 Å². The van der Waals surface area contributed by atoms with Gasteiger partial charge in [0.2, 0.25) is 0 Å². The molecule has 6 heteroatoms. The number of benzene rings is 2. The van der Waals surface area contributed by atoms with Gasteiger partial charge in [-0.1, -0.05) is 31.2 Å². The Morgan fingerprint density at radius 1 is 0.966 bits per heavy atom. The number of carbonyl (C=O) groups excluding carboxylic acids is 2. The molecule has 6 nitrogen and oxygen atoms in total. The summed E-state index contributed by atoms with van der Waals surface area (Å²) in [5.41, 5.74) is 2.76. The van der Waals surface area contributed by atoms with Crippen LogP contribution in [0.1, 0.15) is 55.2 Å². The lowest BCUT2D eigenvalue weighted by molar-refractivity contribution is -0.123. The van der Waals surface area contributed by atoms with Crippen LogP contribution < -0.4 is 20.1 Å². The normalized spacial score (nSPS) is 11.7. The summed E-state index contributed by atoms with van der Waals surface area (Å²) in [4.78, 5) is 24.4. The molecule has 1 unspecified atom stereocenters. The number of hydrogen-bond acceptors (Lipinski definition) is 4. The van der Waals surface area contributed by atoms with Crippen molar-refractivity contribution in [3.05, 3.63) is 59.2 Å². The van der Waals surface area contributed by atoms with Gasteiger partial charge in [0.1, 0.15) is 0 Å². The maximum atomic E-state index is 12.6. The zero-order valence-electron chi connectivity index (χ0n) is 17.7. The SMILES string of the molecule is CCc1ccc(C(C)NC(=O)c2ccc(OCC(=O)NC(C)C)c(OC)c2)cc1. The van der Waals surface area contributed by atoms with E-state index < -0.39 is 0 Å². The second kappa shape index (κ2) is 10.5. The van der Waals surface area contributed by atoms with Crippen molar-refractivity contribution >= 4 is 11.8 Å². The van der Waals surface area contributed by atoms with Crippen molar-refractivity contribution in [1.29, 1.82) is 0 Å².